The van der Waals surface area contributed by atoms with Gasteiger partial charge in [-0.05, 0) is 19.4 Å². The Labute approximate surface area is 140 Å². The minimum absolute atomic E-state index is 0.542. The van der Waals surface area contributed by atoms with Crippen molar-refractivity contribution in [1.29, 1.82) is 5.41 Å². The normalized spacial score (nSPS) is 10.0. The van der Waals surface area contributed by atoms with E-state index in [-0.39, 0.29) is 0 Å². The summed E-state index contributed by atoms with van der Waals surface area (Å²) in [6, 6.07) is 16.1. The molecule has 0 aliphatic carbocycles. The van der Waals surface area contributed by atoms with E-state index in [4.69, 9.17) is 5.41 Å². The van der Waals surface area contributed by atoms with Crippen LogP contribution in [0.4, 0.5) is 0 Å². The molecule has 2 aromatic carbocycles. The number of hydrogen-bond donors (Lipinski definition) is 1. The van der Waals surface area contributed by atoms with E-state index in [1.54, 1.807) is 0 Å². The van der Waals surface area contributed by atoms with E-state index in [9.17, 15) is 0 Å². The van der Waals surface area contributed by atoms with Gasteiger partial charge in [-0.1, -0.05) is 86.1 Å². The maximum Gasteiger partial charge on any atom is 0.0697 e. The molecule has 0 spiro atoms. The molecule has 0 fully saturated rings. The summed E-state index contributed by atoms with van der Waals surface area (Å²) in [6.07, 6.45) is 5.90. The summed E-state index contributed by atoms with van der Waals surface area (Å²) in [5.74, 6) is 6.53. The average molecular weight is 303 g/mol. The van der Waals surface area contributed by atoms with Gasteiger partial charge in [0, 0.05) is 23.1 Å². The van der Waals surface area contributed by atoms with Crippen molar-refractivity contribution in [2.24, 2.45) is 0 Å². The van der Waals surface area contributed by atoms with Crippen LogP contribution in [0.15, 0.2) is 48.5 Å². The quantitative estimate of drug-likeness (QED) is 0.400. The first kappa shape index (κ1) is 17.0. The molecule has 1 N–H and O–H groups in total. The van der Waals surface area contributed by atoms with Crippen LogP contribution in [0.2, 0.25) is 0 Å². The second-order valence-electron chi connectivity index (χ2n) is 5.90. The van der Waals surface area contributed by atoms with Gasteiger partial charge in [-0.2, -0.15) is 0 Å². The van der Waals surface area contributed by atoms with Gasteiger partial charge >= 0.3 is 0 Å². The summed E-state index contributed by atoms with van der Waals surface area (Å²) < 4.78 is 0. The van der Waals surface area contributed by atoms with Crippen LogP contribution in [0.5, 0.6) is 0 Å². The summed E-state index contributed by atoms with van der Waals surface area (Å²) in [7, 11) is 0. The third-order valence-corrected chi connectivity index (χ3v) is 3.92. The van der Waals surface area contributed by atoms with Gasteiger partial charge < -0.3 is 0 Å². The molecule has 0 heterocycles. The Balaban J connectivity index is 2.12. The summed E-state index contributed by atoms with van der Waals surface area (Å²) in [6.45, 7) is 4.28. The first-order chi connectivity index (χ1) is 11.2. The van der Waals surface area contributed by atoms with Gasteiger partial charge in [0.25, 0.3) is 0 Å². The molecule has 1 heteroatoms. The van der Waals surface area contributed by atoms with Gasteiger partial charge in [0.2, 0.25) is 0 Å². The monoisotopic (exact) mass is 303 g/mol. The van der Waals surface area contributed by atoms with Crippen LogP contribution >= 0.6 is 0 Å². The topological polar surface area (TPSA) is 23.9 Å². The fraction of sp³-hybridized carbons (Fsp3) is 0.318. The third kappa shape index (κ3) is 5.11. The molecule has 0 aliphatic rings. The number of unbranched alkanes of at least 4 members (excludes halogenated alkanes) is 4. The van der Waals surface area contributed by atoms with Crippen molar-refractivity contribution in [2.75, 3.05) is 0 Å². The number of hydrogen-bond acceptors (Lipinski definition) is 1. The highest BCUT2D eigenvalue weighted by Gasteiger charge is 2.08. The van der Waals surface area contributed by atoms with Crippen LogP contribution < -0.4 is 0 Å². The van der Waals surface area contributed by atoms with E-state index in [1.165, 1.54) is 31.2 Å². The van der Waals surface area contributed by atoms with E-state index in [0.717, 1.165) is 23.1 Å². The van der Waals surface area contributed by atoms with Gasteiger partial charge in [-0.3, -0.25) is 5.41 Å². The van der Waals surface area contributed by atoms with Crippen molar-refractivity contribution in [3.05, 3.63) is 70.8 Å². The molecule has 23 heavy (non-hydrogen) atoms. The summed E-state index contributed by atoms with van der Waals surface area (Å²) in [5, 5.41) is 8.49. The largest absolute Gasteiger partial charge is 0.300 e. The number of aryl methyl sites for hydroxylation is 1. The van der Waals surface area contributed by atoms with E-state index in [0.29, 0.717) is 5.71 Å². The molecular formula is C22H25N. The number of benzene rings is 2. The second kappa shape index (κ2) is 8.96. The van der Waals surface area contributed by atoms with Crippen molar-refractivity contribution >= 4 is 5.71 Å². The number of nitrogens with one attached hydrogen (secondary N) is 1. The smallest absolute Gasteiger partial charge is 0.0697 e. The van der Waals surface area contributed by atoms with Gasteiger partial charge in [0.15, 0.2) is 0 Å². The Hall–Kier alpha value is -2.33. The van der Waals surface area contributed by atoms with E-state index in [2.05, 4.69) is 25.7 Å². The second-order valence-corrected chi connectivity index (χ2v) is 5.90. The van der Waals surface area contributed by atoms with Crippen molar-refractivity contribution in [2.45, 2.75) is 46.0 Å². The first-order valence-corrected chi connectivity index (χ1v) is 8.46. The zero-order chi connectivity index (χ0) is 16.5. The zero-order valence-corrected chi connectivity index (χ0v) is 14.2. The van der Waals surface area contributed by atoms with Gasteiger partial charge in [0.05, 0.1) is 5.71 Å². The Bertz CT molecular complexity index is 699. The van der Waals surface area contributed by atoms with Gasteiger partial charge in [0.1, 0.15) is 0 Å². The molecule has 0 amide bonds. The van der Waals surface area contributed by atoms with Crippen molar-refractivity contribution in [3.8, 4) is 11.8 Å². The Kier molecular flexibility index (Phi) is 6.63. The average Bonchev–Trinajstić information content (AvgIpc) is 2.58. The molecule has 0 atom stereocenters. The Morgan fingerprint density at radius 3 is 2.43 bits per heavy atom. The van der Waals surface area contributed by atoms with Crippen molar-refractivity contribution in [3.63, 3.8) is 0 Å². The lowest BCUT2D eigenvalue weighted by Gasteiger charge is -2.07. The standard InChI is InChI=1S/C22H25N/c1-3-4-5-6-7-8-11-19-12-9-10-13-21(19)22(23)20-16-14-18(2)15-17-20/h9-10,12-17,23H,3-7H2,1-2H3. The predicted octanol–water partition coefficient (Wildman–Crippen LogP) is 5.73. The van der Waals surface area contributed by atoms with Crippen LogP contribution in [0.25, 0.3) is 0 Å². The van der Waals surface area contributed by atoms with Crippen molar-refractivity contribution in [1.82, 2.24) is 0 Å². The maximum atomic E-state index is 8.49. The Morgan fingerprint density at radius 1 is 0.957 bits per heavy atom. The molecule has 0 radical (unpaired) electrons. The molecular weight excluding hydrogens is 278 g/mol. The van der Waals surface area contributed by atoms with E-state index >= 15 is 0 Å². The molecule has 0 aliphatic heterocycles. The molecule has 0 unspecified atom stereocenters. The molecule has 118 valence electrons. The van der Waals surface area contributed by atoms with Gasteiger partial charge in [-0.15, -0.1) is 0 Å². The molecule has 0 saturated heterocycles. The fourth-order valence-electron chi connectivity index (χ4n) is 2.48. The molecule has 1 nitrogen and oxygen atoms in total. The molecule has 0 aromatic heterocycles. The van der Waals surface area contributed by atoms with E-state index in [1.807, 2.05) is 48.5 Å². The highest BCUT2D eigenvalue weighted by molar-refractivity contribution is 6.12. The minimum atomic E-state index is 0.542. The highest BCUT2D eigenvalue weighted by atomic mass is 14.4. The molecule has 0 saturated carbocycles. The lowest BCUT2D eigenvalue weighted by Crippen LogP contribution is -2.03. The van der Waals surface area contributed by atoms with Crippen LogP contribution in [0.1, 0.15) is 61.3 Å². The van der Waals surface area contributed by atoms with Crippen molar-refractivity contribution < 1.29 is 0 Å². The lowest BCUT2D eigenvalue weighted by atomic mass is 9.97. The predicted molar refractivity (Wildman–Crippen MR) is 99.2 cm³/mol. The Morgan fingerprint density at radius 2 is 1.70 bits per heavy atom. The maximum absolute atomic E-state index is 8.49. The first-order valence-electron chi connectivity index (χ1n) is 8.46. The summed E-state index contributed by atoms with van der Waals surface area (Å²) in [4.78, 5) is 0. The van der Waals surface area contributed by atoms with Crippen LogP contribution in [-0.4, -0.2) is 5.71 Å². The summed E-state index contributed by atoms with van der Waals surface area (Å²) >= 11 is 0. The molecule has 0 bridgehead atoms. The van der Waals surface area contributed by atoms with Crippen LogP contribution in [0, 0.1) is 24.2 Å². The minimum Gasteiger partial charge on any atom is -0.300 e. The third-order valence-electron chi connectivity index (χ3n) is 3.92. The molecule has 2 rings (SSSR count). The van der Waals surface area contributed by atoms with Crippen LogP contribution in [0.3, 0.4) is 0 Å². The van der Waals surface area contributed by atoms with E-state index < -0.39 is 0 Å². The molecule has 2 aromatic rings. The van der Waals surface area contributed by atoms with Crippen LogP contribution in [-0.2, 0) is 0 Å². The lowest BCUT2D eigenvalue weighted by molar-refractivity contribution is 0.679. The zero-order valence-electron chi connectivity index (χ0n) is 14.2. The number of rotatable bonds is 6. The van der Waals surface area contributed by atoms with Gasteiger partial charge in [-0.25, -0.2) is 0 Å². The highest BCUT2D eigenvalue weighted by Crippen LogP contribution is 2.15. The SMILES string of the molecule is CCCCCCC#Cc1ccccc1C(=N)c1ccc(C)cc1. The summed E-state index contributed by atoms with van der Waals surface area (Å²) in [5.41, 5.74) is 4.56. The fourth-order valence-corrected chi connectivity index (χ4v) is 2.48.